The van der Waals surface area contributed by atoms with Crippen LogP contribution in [0.2, 0.25) is 0 Å². The summed E-state index contributed by atoms with van der Waals surface area (Å²) < 4.78 is 5.57. The molecule has 0 spiro atoms. The van der Waals surface area contributed by atoms with Crippen LogP contribution in [0.5, 0.6) is 0 Å². The van der Waals surface area contributed by atoms with Crippen molar-refractivity contribution in [1.82, 2.24) is 20.0 Å². The van der Waals surface area contributed by atoms with Crippen LogP contribution < -0.4 is 5.32 Å². The summed E-state index contributed by atoms with van der Waals surface area (Å²) in [5.41, 5.74) is 2.94. The summed E-state index contributed by atoms with van der Waals surface area (Å²) in [6, 6.07) is 8.78. The minimum absolute atomic E-state index is 0.0150. The van der Waals surface area contributed by atoms with E-state index in [2.05, 4.69) is 58.2 Å². The molecule has 170 valence electrons. The molecular formula is C24H37N5O2. The number of piperazine rings is 1. The van der Waals surface area contributed by atoms with Gasteiger partial charge in [-0.2, -0.15) is 0 Å². The number of fused-ring (bicyclic) bond motifs is 1. The maximum Gasteiger partial charge on any atom is 0.251 e. The number of benzene rings is 1. The molecule has 3 aliphatic rings. The molecule has 4 rings (SSSR count). The standard InChI is InChI=1S/C24H37N5O2/c1-24(2,29-11-10-19-7-4-5-8-20(19)17-29)18-26-23(25-3)28-14-12-27(13-15-28)22(30)21-9-6-16-31-21/h4-5,7-8,21H,6,9-18H2,1-3H3,(H,25,26). The molecule has 1 amide bonds. The highest BCUT2D eigenvalue weighted by Crippen LogP contribution is 2.25. The van der Waals surface area contributed by atoms with Crippen molar-refractivity contribution >= 4 is 11.9 Å². The van der Waals surface area contributed by atoms with Gasteiger partial charge in [0.15, 0.2) is 5.96 Å². The smallest absolute Gasteiger partial charge is 0.251 e. The lowest BCUT2D eigenvalue weighted by Crippen LogP contribution is -2.58. The molecule has 0 bridgehead atoms. The Labute approximate surface area is 186 Å². The van der Waals surface area contributed by atoms with Crippen LogP contribution in [0.4, 0.5) is 0 Å². The molecule has 7 heteroatoms. The predicted molar refractivity (Wildman–Crippen MR) is 123 cm³/mol. The Morgan fingerprint density at radius 1 is 1.13 bits per heavy atom. The van der Waals surface area contributed by atoms with E-state index in [-0.39, 0.29) is 17.6 Å². The third kappa shape index (κ3) is 5.04. The van der Waals surface area contributed by atoms with Crippen molar-refractivity contribution < 1.29 is 9.53 Å². The molecule has 2 fully saturated rings. The van der Waals surface area contributed by atoms with Crippen LogP contribution in [0.15, 0.2) is 29.3 Å². The fourth-order valence-electron chi connectivity index (χ4n) is 4.87. The minimum Gasteiger partial charge on any atom is -0.368 e. The van der Waals surface area contributed by atoms with Crippen molar-refractivity contribution in [1.29, 1.82) is 0 Å². The zero-order valence-corrected chi connectivity index (χ0v) is 19.3. The first-order chi connectivity index (χ1) is 15.0. The summed E-state index contributed by atoms with van der Waals surface area (Å²) in [6.45, 7) is 11.3. The Kier molecular flexibility index (Phi) is 6.82. The van der Waals surface area contributed by atoms with Crippen LogP contribution >= 0.6 is 0 Å². The van der Waals surface area contributed by atoms with Crippen LogP contribution in [0.25, 0.3) is 0 Å². The van der Waals surface area contributed by atoms with Crippen LogP contribution in [0, 0.1) is 0 Å². The largest absolute Gasteiger partial charge is 0.368 e. The number of aliphatic imine (C=N–C) groups is 1. The minimum atomic E-state index is -0.223. The average Bonchev–Trinajstić information content (AvgIpc) is 3.34. The van der Waals surface area contributed by atoms with Crippen LogP contribution in [-0.4, -0.2) is 91.1 Å². The van der Waals surface area contributed by atoms with Gasteiger partial charge in [0.1, 0.15) is 6.10 Å². The van der Waals surface area contributed by atoms with E-state index < -0.39 is 0 Å². The quantitative estimate of drug-likeness (QED) is 0.586. The summed E-state index contributed by atoms with van der Waals surface area (Å²) >= 11 is 0. The van der Waals surface area contributed by atoms with E-state index in [9.17, 15) is 4.79 Å². The van der Waals surface area contributed by atoms with Crippen molar-refractivity contribution in [2.24, 2.45) is 4.99 Å². The highest BCUT2D eigenvalue weighted by Gasteiger charge is 2.33. The van der Waals surface area contributed by atoms with Gasteiger partial charge in [0.05, 0.1) is 0 Å². The van der Waals surface area contributed by atoms with Gasteiger partial charge in [-0.1, -0.05) is 24.3 Å². The third-order valence-corrected chi connectivity index (χ3v) is 6.97. The monoisotopic (exact) mass is 427 g/mol. The Balaban J connectivity index is 1.28. The number of ether oxygens (including phenoxy) is 1. The number of nitrogens with one attached hydrogen (secondary N) is 1. The van der Waals surface area contributed by atoms with Crippen molar-refractivity contribution in [2.45, 2.75) is 51.3 Å². The zero-order chi connectivity index (χ0) is 21.8. The molecule has 0 aromatic heterocycles. The van der Waals surface area contributed by atoms with E-state index in [1.54, 1.807) is 0 Å². The summed E-state index contributed by atoms with van der Waals surface area (Å²) in [4.78, 5) is 23.9. The fraction of sp³-hybridized carbons (Fsp3) is 0.667. The van der Waals surface area contributed by atoms with Gasteiger partial charge in [-0.25, -0.2) is 0 Å². The highest BCUT2D eigenvalue weighted by atomic mass is 16.5. The average molecular weight is 428 g/mol. The maximum atomic E-state index is 12.6. The van der Waals surface area contributed by atoms with E-state index in [1.807, 2.05) is 11.9 Å². The zero-order valence-electron chi connectivity index (χ0n) is 19.3. The van der Waals surface area contributed by atoms with Crippen LogP contribution in [0.3, 0.4) is 0 Å². The molecule has 2 saturated heterocycles. The molecule has 31 heavy (non-hydrogen) atoms. The molecule has 3 heterocycles. The van der Waals surface area contributed by atoms with Gasteiger partial charge >= 0.3 is 0 Å². The number of hydrogen-bond acceptors (Lipinski definition) is 4. The number of amides is 1. The van der Waals surface area contributed by atoms with E-state index in [1.165, 1.54) is 11.1 Å². The van der Waals surface area contributed by atoms with Gasteiger partial charge < -0.3 is 19.9 Å². The molecule has 1 N–H and O–H groups in total. The molecule has 0 saturated carbocycles. The topological polar surface area (TPSA) is 60.4 Å². The second kappa shape index (κ2) is 9.57. The van der Waals surface area contributed by atoms with E-state index >= 15 is 0 Å². The number of guanidine groups is 1. The van der Waals surface area contributed by atoms with Gasteiger partial charge in [-0.05, 0) is 44.2 Å². The molecule has 0 radical (unpaired) electrons. The van der Waals surface area contributed by atoms with Crippen molar-refractivity contribution in [3.63, 3.8) is 0 Å². The summed E-state index contributed by atoms with van der Waals surface area (Å²) in [7, 11) is 1.84. The summed E-state index contributed by atoms with van der Waals surface area (Å²) in [5.74, 6) is 1.08. The predicted octanol–water partition coefficient (Wildman–Crippen LogP) is 1.72. The number of carbonyl (C=O) groups is 1. The van der Waals surface area contributed by atoms with Gasteiger partial charge in [-0.3, -0.25) is 14.7 Å². The lowest BCUT2D eigenvalue weighted by Gasteiger charge is -2.43. The second-order valence-corrected chi connectivity index (χ2v) is 9.47. The van der Waals surface area contributed by atoms with E-state index in [0.717, 1.165) is 71.0 Å². The first-order valence-electron chi connectivity index (χ1n) is 11.7. The van der Waals surface area contributed by atoms with Gasteiger partial charge in [0.25, 0.3) is 5.91 Å². The van der Waals surface area contributed by atoms with Crippen LogP contribution in [-0.2, 0) is 22.5 Å². The molecule has 1 aromatic rings. The molecular weight excluding hydrogens is 390 g/mol. The molecule has 1 unspecified atom stereocenters. The normalized spacial score (nSPS) is 23.1. The third-order valence-electron chi connectivity index (χ3n) is 6.97. The molecule has 1 atom stereocenters. The maximum absolute atomic E-state index is 12.6. The molecule has 1 aromatic carbocycles. The summed E-state index contributed by atoms with van der Waals surface area (Å²) in [6.07, 6.45) is 2.73. The lowest BCUT2D eigenvalue weighted by molar-refractivity contribution is -0.142. The number of rotatable bonds is 4. The van der Waals surface area contributed by atoms with Crippen molar-refractivity contribution in [2.75, 3.05) is 52.9 Å². The Bertz CT molecular complexity index is 795. The molecule has 0 aliphatic carbocycles. The lowest BCUT2D eigenvalue weighted by atomic mass is 9.94. The number of hydrogen-bond donors (Lipinski definition) is 1. The fourth-order valence-corrected chi connectivity index (χ4v) is 4.87. The first-order valence-corrected chi connectivity index (χ1v) is 11.7. The van der Waals surface area contributed by atoms with Gasteiger partial charge in [0.2, 0.25) is 0 Å². The molecule has 7 nitrogen and oxygen atoms in total. The Hall–Kier alpha value is -2.12. The summed E-state index contributed by atoms with van der Waals surface area (Å²) in [5, 5.41) is 3.61. The first kappa shape index (κ1) is 22.1. The molecule has 3 aliphatic heterocycles. The van der Waals surface area contributed by atoms with Crippen molar-refractivity contribution in [3.05, 3.63) is 35.4 Å². The van der Waals surface area contributed by atoms with Gasteiger partial charge in [0, 0.05) is 65.0 Å². The second-order valence-electron chi connectivity index (χ2n) is 9.47. The van der Waals surface area contributed by atoms with E-state index in [4.69, 9.17) is 4.74 Å². The van der Waals surface area contributed by atoms with E-state index in [0.29, 0.717) is 6.61 Å². The Morgan fingerprint density at radius 2 is 1.84 bits per heavy atom. The van der Waals surface area contributed by atoms with Crippen LogP contribution in [0.1, 0.15) is 37.8 Å². The Morgan fingerprint density at radius 3 is 2.52 bits per heavy atom. The number of nitrogens with zero attached hydrogens (tertiary/aromatic N) is 4. The van der Waals surface area contributed by atoms with Gasteiger partial charge in [-0.15, -0.1) is 0 Å². The van der Waals surface area contributed by atoms with Crippen molar-refractivity contribution in [3.8, 4) is 0 Å². The SMILES string of the molecule is CN=C(NCC(C)(C)N1CCc2ccccc2C1)N1CCN(C(=O)C2CCCO2)CC1. The number of carbonyl (C=O) groups excluding carboxylic acids is 1. The highest BCUT2D eigenvalue weighted by molar-refractivity contribution is 5.82.